The van der Waals surface area contributed by atoms with Gasteiger partial charge in [0.25, 0.3) is 0 Å². The van der Waals surface area contributed by atoms with Gasteiger partial charge in [0.2, 0.25) is 0 Å². The average molecular weight is 616 g/mol. The molecular weight excluding hydrogens is 559 g/mol. The fourth-order valence-corrected chi connectivity index (χ4v) is 6.16. The van der Waals surface area contributed by atoms with E-state index in [0.29, 0.717) is 5.04 Å². The number of hydrogen-bond acceptors (Lipinski definition) is 0. The van der Waals surface area contributed by atoms with Crippen LogP contribution < -0.4 is 0 Å². The molecule has 0 nitrogen and oxygen atoms in total. The zero-order valence-electron chi connectivity index (χ0n) is 21.7. The number of allylic oxidation sites excluding steroid dienone is 4. The van der Waals surface area contributed by atoms with Crippen LogP contribution in [-0.4, -0.2) is 9.52 Å². The Bertz CT molecular complexity index is 384. The van der Waals surface area contributed by atoms with Gasteiger partial charge in [0.15, 0.2) is 0 Å². The van der Waals surface area contributed by atoms with Gasteiger partial charge in [0.1, 0.15) is 0 Å². The second-order valence-electron chi connectivity index (χ2n) is 9.35. The van der Waals surface area contributed by atoms with E-state index >= 15 is 0 Å². The molecule has 0 aromatic carbocycles. The third-order valence-corrected chi connectivity index (χ3v) is 8.07. The molecule has 0 saturated carbocycles. The van der Waals surface area contributed by atoms with E-state index in [2.05, 4.69) is 39.0 Å². The number of rotatable bonds is 18. The van der Waals surface area contributed by atoms with Crippen molar-refractivity contribution in [3.8, 4) is 0 Å². The quantitative estimate of drug-likeness (QED) is 0.0818. The van der Waals surface area contributed by atoms with Crippen molar-refractivity contribution in [3.05, 3.63) is 45.7 Å². The molecule has 182 valence electrons. The minimum atomic E-state index is -0.130. The monoisotopic (exact) mass is 615 g/mol. The maximum Gasteiger partial charge on any atom is 4.00 e. The van der Waals surface area contributed by atoms with E-state index in [1.807, 2.05) is 0 Å². The van der Waals surface area contributed by atoms with Crippen LogP contribution in [0.1, 0.15) is 130 Å². The second-order valence-corrected chi connectivity index (χ2v) is 12.4. The summed E-state index contributed by atoms with van der Waals surface area (Å²) in [6, 6.07) is 0. The fourth-order valence-electron chi connectivity index (χ4n) is 4.15. The first-order valence-corrected chi connectivity index (χ1v) is 13.3. The zero-order chi connectivity index (χ0) is 18.9. The van der Waals surface area contributed by atoms with Crippen LogP contribution >= 0.6 is 0 Å². The molecular formula is C28H56PtSi. The van der Waals surface area contributed by atoms with Gasteiger partial charge >= 0.3 is 21.1 Å². The van der Waals surface area contributed by atoms with E-state index in [4.69, 9.17) is 0 Å². The molecule has 30 heavy (non-hydrogen) atoms. The maximum atomic E-state index is 3.53. The summed E-state index contributed by atoms with van der Waals surface area (Å²) >= 11 is 0. The number of unbranched alkanes of at least 4 members (excludes halogenated alkanes) is 14. The summed E-state index contributed by atoms with van der Waals surface area (Å²) in [6.07, 6.45) is 32.5. The van der Waals surface area contributed by atoms with Crippen molar-refractivity contribution in [2.45, 2.75) is 135 Å². The summed E-state index contributed by atoms with van der Waals surface area (Å²) < 4.78 is 0. The minimum absolute atomic E-state index is 0. The molecule has 1 rings (SSSR count). The molecule has 0 aromatic rings. The van der Waals surface area contributed by atoms with Gasteiger partial charge in [-0.2, -0.15) is 6.08 Å². The van der Waals surface area contributed by atoms with Gasteiger partial charge in [-0.25, -0.2) is 11.3 Å². The zero-order valence-corrected chi connectivity index (χ0v) is 25.4. The van der Waals surface area contributed by atoms with Crippen LogP contribution in [0.3, 0.4) is 0 Å². The summed E-state index contributed by atoms with van der Waals surface area (Å²) in [6.45, 7) is 7.28. The molecule has 2 heteroatoms. The smallest absolute Gasteiger partial charge is 0.358 e. The molecule has 0 aliphatic heterocycles. The van der Waals surface area contributed by atoms with Crippen molar-refractivity contribution in [1.29, 1.82) is 0 Å². The largest absolute Gasteiger partial charge is 4.00 e. The summed E-state index contributed by atoms with van der Waals surface area (Å²) in [4.78, 5) is 0. The fraction of sp³-hybridized carbons (Fsp3) is 0.750. The van der Waals surface area contributed by atoms with Crippen LogP contribution in [-0.2, 0) is 21.1 Å². The normalized spacial score (nSPS) is 12.7. The molecule has 0 amide bonds. The van der Waals surface area contributed by atoms with Crippen LogP contribution in [0.4, 0.5) is 0 Å². The molecule has 0 unspecified atom stereocenters. The van der Waals surface area contributed by atoms with Crippen molar-refractivity contribution >= 4 is 9.52 Å². The molecule has 0 saturated heterocycles. The number of hydrogen-bond donors (Lipinski definition) is 0. The molecule has 0 fully saturated rings. The van der Waals surface area contributed by atoms with Crippen molar-refractivity contribution in [3.63, 3.8) is 0 Å². The standard InChI is InChI=1S/C25H47Si.3CH3.Pt/c1-4-5-6-7-8-9-10-11-12-13-14-15-16-17-20-23-25(2,3)26-24-21-18-19-22-24;;;;/h18,21H,4-17,19-20,23,26H2,1-3H3;3*1H3;/q4*-1;+4. The molecule has 0 bridgehead atoms. The van der Waals surface area contributed by atoms with Gasteiger partial charge in [-0.1, -0.05) is 124 Å². The van der Waals surface area contributed by atoms with Gasteiger partial charge in [-0.05, 0) is 5.04 Å². The first-order chi connectivity index (χ1) is 12.6. The van der Waals surface area contributed by atoms with E-state index in [1.54, 1.807) is 5.20 Å². The van der Waals surface area contributed by atoms with Crippen LogP contribution in [0.5, 0.6) is 0 Å². The molecule has 0 radical (unpaired) electrons. The van der Waals surface area contributed by atoms with Gasteiger partial charge in [-0.3, -0.25) is 6.08 Å². The van der Waals surface area contributed by atoms with Gasteiger partial charge in [0, 0.05) is 9.52 Å². The minimum Gasteiger partial charge on any atom is -0.358 e. The van der Waals surface area contributed by atoms with E-state index in [0.717, 1.165) is 6.42 Å². The Morgan fingerprint density at radius 3 is 1.50 bits per heavy atom. The Morgan fingerprint density at radius 1 is 0.733 bits per heavy atom. The van der Waals surface area contributed by atoms with Gasteiger partial charge < -0.3 is 22.3 Å². The molecule has 0 N–H and O–H groups in total. The molecule has 0 aromatic heterocycles. The Balaban J connectivity index is -0.000000845. The molecule has 0 heterocycles. The van der Waals surface area contributed by atoms with E-state index in [9.17, 15) is 0 Å². The SMILES string of the molecule is CCCCCCCCCCCCCCCCCC(C)(C)[SiH2]C1=[C-]CC=C1.[CH3-].[CH3-].[CH3-].[Pt+4]. The first-order valence-electron chi connectivity index (χ1n) is 11.9. The van der Waals surface area contributed by atoms with Gasteiger partial charge in [-0.15, -0.1) is 6.42 Å². The predicted octanol–water partition coefficient (Wildman–Crippen LogP) is 9.61. The first kappa shape index (κ1) is 37.7. The van der Waals surface area contributed by atoms with Crippen molar-refractivity contribution in [2.75, 3.05) is 0 Å². The second kappa shape index (κ2) is 25.6. The maximum absolute atomic E-state index is 3.53. The Morgan fingerprint density at radius 2 is 1.13 bits per heavy atom. The van der Waals surface area contributed by atoms with Crippen molar-refractivity contribution in [2.24, 2.45) is 0 Å². The summed E-state index contributed by atoms with van der Waals surface area (Å²) in [5.74, 6) is 0. The van der Waals surface area contributed by atoms with Crippen molar-refractivity contribution < 1.29 is 21.1 Å². The summed E-state index contributed by atoms with van der Waals surface area (Å²) in [5.41, 5.74) is 0. The van der Waals surface area contributed by atoms with E-state index < -0.39 is 0 Å². The van der Waals surface area contributed by atoms with Crippen LogP contribution in [0.15, 0.2) is 17.3 Å². The topological polar surface area (TPSA) is 0 Å². The Kier molecular flexibility index (Phi) is 32.2. The Labute approximate surface area is 210 Å². The molecule has 0 spiro atoms. The van der Waals surface area contributed by atoms with Crippen LogP contribution in [0.25, 0.3) is 0 Å². The van der Waals surface area contributed by atoms with Crippen molar-refractivity contribution in [1.82, 2.24) is 0 Å². The third-order valence-electron chi connectivity index (χ3n) is 5.89. The average Bonchev–Trinajstić information content (AvgIpc) is 3.10. The van der Waals surface area contributed by atoms with Crippen LogP contribution in [0.2, 0.25) is 5.04 Å². The third kappa shape index (κ3) is 23.1. The summed E-state index contributed by atoms with van der Waals surface area (Å²) in [5, 5.41) is 2.17. The predicted molar refractivity (Wildman–Crippen MR) is 142 cm³/mol. The molecule has 1 aliphatic carbocycles. The summed E-state index contributed by atoms with van der Waals surface area (Å²) in [7, 11) is -0.130. The van der Waals surface area contributed by atoms with Crippen LogP contribution in [0, 0.1) is 28.4 Å². The Hall–Kier alpha value is 0.385. The van der Waals surface area contributed by atoms with E-state index in [-0.39, 0.29) is 52.9 Å². The van der Waals surface area contributed by atoms with E-state index in [1.165, 1.54) is 103 Å². The molecule has 1 aliphatic rings. The van der Waals surface area contributed by atoms with Gasteiger partial charge in [0.05, 0.1) is 0 Å². The molecule has 0 atom stereocenters.